The van der Waals surface area contributed by atoms with Gasteiger partial charge in [0.1, 0.15) is 12.4 Å². The Kier molecular flexibility index (Phi) is 7.11. The van der Waals surface area contributed by atoms with Crippen LogP contribution in [0.2, 0.25) is 0 Å². The number of urea groups is 1. The average Bonchev–Trinajstić information content (AvgIpc) is 3.15. The third-order valence-corrected chi connectivity index (χ3v) is 5.26. The van der Waals surface area contributed by atoms with Gasteiger partial charge in [0.15, 0.2) is 0 Å². The van der Waals surface area contributed by atoms with Crippen LogP contribution in [0.5, 0.6) is 5.75 Å². The lowest BCUT2D eigenvalue weighted by molar-refractivity contribution is -0.139. The molecular weight excluding hydrogens is 362 g/mol. The first-order valence-electron chi connectivity index (χ1n) is 9.91. The second-order valence-corrected chi connectivity index (χ2v) is 7.35. The van der Waals surface area contributed by atoms with Gasteiger partial charge >= 0.3 is 12.0 Å². The average molecular weight is 391 g/mol. The Hall–Kier alpha value is -2.32. The van der Waals surface area contributed by atoms with Gasteiger partial charge in [-0.15, -0.1) is 0 Å². The van der Waals surface area contributed by atoms with Crippen molar-refractivity contribution in [2.24, 2.45) is 0 Å². The molecule has 8 nitrogen and oxygen atoms in total. The van der Waals surface area contributed by atoms with E-state index in [1.165, 1.54) is 0 Å². The van der Waals surface area contributed by atoms with Crippen molar-refractivity contribution in [2.75, 3.05) is 31.6 Å². The number of carboxylic acids is 1. The first-order valence-corrected chi connectivity index (χ1v) is 9.91. The van der Waals surface area contributed by atoms with E-state index in [1.54, 1.807) is 6.07 Å². The lowest BCUT2D eigenvalue weighted by Crippen LogP contribution is -2.55. The number of likely N-dealkylation sites (N-methyl/N-ethyl adjacent to an activating group) is 1. The summed E-state index contributed by atoms with van der Waals surface area (Å²) in [4.78, 5) is 25.0. The molecule has 2 amide bonds. The fourth-order valence-electron chi connectivity index (χ4n) is 3.66. The van der Waals surface area contributed by atoms with Crippen molar-refractivity contribution in [3.8, 4) is 5.75 Å². The molecule has 28 heavy (non-hydrogen) atoms. The summed E-state index contributed by atoms with van der Waals surface area (Å²) in [6.07, 6.45) is 3.77. The zero-order valence-corrected chi connectivity index (χ0v) is 16.2. The van der Waals surface area contributed by atoms with E-state index in [2.05, 4.69) is 10.6 Å². The molecule has 3 N–H and O–H groups in total. The largest absolute Gasteiger partial charge is 0.491 e. The summed E-state index contributed by atoms with van der Waals surface area (Å²) in [6, 6.07) is 7.31. The number of benzene rings is 1. The molecule has 0 spiro atoms. The molecule has 1 aliphatic heterocycles. The van der Waals surface area contributed by atoms with Crippen LogP contribution in [0.3, 0.4) is 0 Å². The third-order valence-electron chi connectivity index (χ3n) is 5.26. The van der Waals surface area contributed by atoms with Crippen molar-refractivity contribution in [3.05, 3.63) is 24.3 Å². The van der Waals surface area contributed by atoms with Crippen LogP contribution in [0.15, 0.2) is 24.3 Å². The van der Waals surface area contributed by atoms with Gasteiger partial charge in [-0.1, -0.05) is 13.0 Å². The summed E-state index contributed by atoms with van der Waals surface area (Å²) in [5, 5.41) is 14.7. The Morgan fingerprint density at radius 2 is 2.18 bits per heavy atom. The number of carboxylic acid groups (broad SMARTS) is 1. The summed E-state index contributed by atoms with van der Waals surface area (Å²) in [5.74, 6) is -0.123. The van der Waals surface area contributed by atoms with Crippen molar-refractivity contribution < 1.29 is 24.2 Å². The Bertz CT molecular complexity index is 672. The molecule has 8 heteroatoms. The molecule has 1 aromatic rings. The smallest absolute Gasteiger partial charge is 0.319 e. The monoisotopic (exact) mass is 391 g/mol. The Morgan fingerprint density at radius 1 is 1.36 bits per heavy atom. The highest BCUT2D eigenvalue weighted by Gasteiger charge is 2.34. The maximum absolute atomic E-state index is 12.2. The quantitative estimate of drug-likeness (QED) is 0.597. The Labute approximate surface area is 165 Å². The van der Waals surface area contributed by atoms with Gasteiger partial charge in [0.2, 0.25) is 0 Å². The zero-order chi connectivity index (χ0) is 19.9. The second-order valence-electron chi connectivity index (χ2n) is 7.35. The maximum Gasteiger partial charge on any atom is 0.319 e. The minimum atomic E-state index is -0.822. The molecule has 154 valence electrons. The van der Waals surface area contributed by atoms with Gasteiger partial charge in [-0.2, -0.15) is 0 Å². The molecule has 1 heterocycles. The number of hydrogen-bond acceptors (Lipinski definition) is 5. The van der Waals surface area contributed by atoms with E-state index in [-0.39, 0.29) is 30.8 Å². The number of hydrogen-bond donors (Lipinski definition) is 3. The van der Waals surface area contributed by atoms with Gasteiger partial charge in [0, 0.05) is 30.4 Å². The van der Waals surface area contributed by atoms with E-state index in [1.807, 2.05) is 30.0 Å². The van der Waals surface area contributed by atoms with Gasteiger partial charge in [0.25, 0.3) is 0 Å². The molecule has 3 rings (SSSR count). The number of amides is 2. The van der Waals surface area contributed by atoms with Crippen LogP contribution in [0.25, 0.3) is 0 Å². The summed E-state index contributed by atoms with van der Waals surface area (Å²) < 4.78 is 11.3. The number of nitrogens with one attached hydrogen (secondary N) is 2. The van der Waals surface area contributed by atoms with Crippen LogP contribution in [0.1, 0.15) is 32.6 Å². The van der Waals surface area contributed by atoms with Crippen molar-refractivity contribution in [1.82, 2.24) is 10.2 Å². The maximum atomic E-state index is 12.2. The van der Waals surface area contributed by atoms with E-state index in [0.29, 0.717) is 24.6 Å². The number of nitrogens with zero attached hydrogens (tertiary/aromatic N) is 1. The van der Waals surface area contributed by atoms with Crippen LogP contribution >= 0.6 is 0 Å². The van der Waals surface area contributed by atoms with Gasteiger partial charge in [-0.3, -0.25) is 9.69 Å². The van der Waals surface area contributed by atoms with Crippen molar-refractivity contribution in [3.63, 3.8) is 0 Å². The molecular formula is C20H29N3O5. The van der Waals surface area contributed by atoms with Gasteiger partial charge < -0.3 is 25.2 Å². The highest BCUT2D eigenvalue weighted by Crippen LogP contribution is 2.26. The van der Waals surface area contributed by atoms with Crippen LogP contribution in [0.4, 0.5) is 10.5 Å². The molecule has 1 aliphatic carbocycles. The fraction of sp³-hybridized carbons (Fsp3) is 0.600. The third kappa shape index (κ3) is 5.84. The number of rotatable bonds is 9. The predicted octanol–water partition coefficient (Wildman–Crippen LogP) is 2.30. The molecule has 1 atom stereocenters. The van der Waals surface area contributed by atoms with Crippen molar-refractivity contribution >= 4 is 17.7 Å². The van der Waals surface area contributed by atoms with E-state index in [4.69, 9.17) is 14.6 Å². The molecule has 1 unspecified atom stereocenters. The Morgan fingerprint density at radius 3 is 2.86 bits per heavy atom. The van der Waals surface area contributed by atoms with Crippen molar-refractivity contribution in [1.29, 1.82) is 0 Å². The molecule has 0 radical (unpaired) electrons. The SMILES string of the molecule is CCN(CC(=O)O)C1CC(NC(=O)Nc2cccc(OCC3CCCO3)c2)C1. The summed E-state index contributed by atoms with van der Waals surface area (Å²) in [7, 11) is 0. The topological polar surface area (TPSA) is 100 Å². The lowest BCUT2D eigenvalue weighted by Gasteiger charge is -2.42. The molecule has 0 bridgehead atoms. The standard InChI is InChI=1S/C20H29N3O5/c1-2-23(12-19(24)25)16-9-15(10-16)22-20(26)21-14-5-3-6-17(11-14)28-13-18-7-4-8-27-18/h3,5-6,11,15-16,18H,2,4,7-10,12-13H2,1H3,(H,24,25)(H2,21,22,26). The first-order chi connectivity index (χ1) is 13.5. The number of ether oxygens (including phenoxy) is 2. The predicted molar refractivity (Wildman–Crippen MR) is 105 cm³/mol. The number of aliphatic carboxylic acids is 1. The molecule has 2 aliphatic rings. The second kappa shape index (κ2) is 9.75. The van der Waals surface area contributed by atoms with E-state index >= 15 is 0 Å². The number of carbonyl (C=O) groups excluding carboxylic acids is 1. The first kappa shape index (κ1) is 20.4. The highest BCUT2D eigenvalue weighted by molar-refractivity contribution is 5.89. The van der Waals surface area contributed by atoms with Gasteiger partial charge in [-0.25, -0.2) is 4.79 Å². The lowest BCUT2D eigenvalue weighted by atomic mass is 9.85. The molecule has 1 saturated heterocycles. The van der Waals surface area contributed by atoms with Crippen LogP contribution < -0.4 is 15.4 Å². The minimum absolute atomic E-state index is 0.0404. The van der Waals surface area contributed by atoms with E-state index in [9.17, 15) is 9.59 Å². The molecule has 1 saturated carbocycles. The van der Waals surface area contributed by atoms with Gasteiger partial charge in [0.05, 0.1) is 12.6 Å². The zero-order valence-electron chi connectivity index (χ0n) is 16.2. The number of anilines is 1. The molecule has 1 aromatic carbocycles. The fourth-order valence-corrected chi connectivity index (χ4v) is 3.66. The molecule has 0 aromatic heterocycles. The summed E-state index contributed by atoms with van der Waals surface area (Å²) in [6.45, 7) is 3.99. The Balaban J connectivity index is 1.40. The van der Waals surface area contributed by atoms with Crippen LogP contribution in [-0.4, -0.2) is 66.5 Å². The minimum Gasteiger partial charge on any atom is -0.491 e. The molecule has 2 fully saturated rings. The normalized spacial score (nSPS) is 23.9. The van der Waals surface area contributed by atoms with Gasteiger partial charge in [-0.05, 0) is 44.4 Å². The summed E-state index contributed by atoms with van der Waals surface area (Å²) >= 11 is 0. The van der Waals surface area contributed by atoms with E-state index in [0.717, 1.165) is 32.3 Å². The highest BCUT2D eigenvalue weighted by atomic mass is 16.5. The van der Waals surface area contributed by atoms with Crippen LogP contribution in [0, 0.1) is 0 Å². The van der Waals surface area contributed by atoms with Crippen LogP contribution in [-0.2, 0) is 9.53 Å². The number of carbonyl (C=O) groups is 2. The van der Waals surface area contributed by atoms with E-state index < -0.39 is 5.97 Å². The van der Waals surface area contributed by atoms with Crippen molar-refractivity contribution in [2.45, 2.75) is 50.8 Å². The summed E-state index contributed by atoms with van der Waals surface area (Å²) in [5.41, 5.74) is 0.666.